The monoisotopic (exact) mass is 544 g/mol. The maximum absolute atomic E-state index is 15.7. The molecule has 22 heteroatoms. The number of nitrogens with zero attached hydrogens (tertiary/aromatic N) is 3. The van der Waals surface area contributed by atoms with Crippen molar-refractivity contribution in [2.75, 3.05) is 19.0 Å². The van der Waals surface area contributed by atoms with E-state index in [9.17, 15) is 32.9 Å². The topological polar surface area (TPSA) is 263 Å². The molecule has 2 rings (SSSR count). The van der Waals surface area contributed by atoms with Gasteiger partial charge in [-0.05, 0) is 0 Å². The van der Waals surface area contributed by atoms with Crippen molar-refractivity contribution < 1.29 is 67.8 Å². The van der Waals surface area contributed by atoms with E-state index in [2.05, 4.69) is 23.1 Å². The number of ether oxygens (including phenoxy) is 1. The number of phosphoric acid groups is 3. The van der Waals surface area contributed by atoms with E-state index in [1.54, 1.807) is 11.8 Å². The van der Waals surface area contributed by atoms with E-state index in [-0.39, 0.29) is 4.57 Å². The Morgan fingerprint density at radius 1 is 1.30 bits per heavy atom. The largest absolute Gasteiger partial charge is 0.490 e. The predicted octanol–water partition coefficient (Wildman–Crippen LogP) is -1.50. The van der Waals surface area contributed by atoms with E-state index in [0.717, 1.165) is 0 Å². The van der Waals surface area contributed by atoms with Gasteiger partial charge in [0.15, 0.2) is 6.23 Å². The number of hydrogen-bond acceptors (Lipinski definition) is 12. The second-order valence-electron chi connectivity index (χ2n) is 5.76. The highest BCUT2D eigenvalue weighted by Crippen LogP contribution is 2.66. The molecule has 7 N–H and O–H groups in total. The standard InChI is InChI=1S/C11H15F2N4O13P3/c12-3-1-2-11(13)7(18)6(28-8(11)17-5-15-9(14)16-10(17)19)4-27-32(23,24)30-33(25,26)29-31(20,21)22/h5-8,18H,3-4H2,(H,23,24)(H,25,26)(H2,14,16,19)(H2,20,21,22)/t6-,7+,8-,11?/m1/s1/i4D2. The van der Waals surface area contributed by atoms with Crippen molar-refractivity contribution in [1.82, 2.24) is 14.5 Å². The molecule has 0 aromatic carbocycles. The minimum absolute atomic E-state index is 0.230. The average Bonchev–Trinajstić information content (AvgIpc) is 2.88. The smallest absolute Gasteiger partial charge is 0.386 e. The third-order valence-corrected chi connectivity index (χ3v) is 7.06. The Hall–Kier alpha value is -1.64. The van der Waals surface area contributed by atoms with Crippen molar-refractivity contribution >= 4 is 29.4 Å². The molecule has 1 aromatic rings. The summed E-state index contributed by atoms with van der Waals surface area (Å²) in [5, 5.41) is 10.4. The Bertz CT molecular complexity index is 1240. The third-order valence-electron chi connectivity index (χ3n) is 3.40. The summed E-state index contributed by atoms with van der Waals surface area (Å²) in [6, 6.07) is 0. The first-order valence-electron chi connectivity index (χ1n) is 8.87. The van der Waals surface area contributed by atoms with Crippen LogP contribution < -0.4 is 11.4 Å². The highest BCUT2D eigenvalue weighted by atomic mass is 31.3. The van der Waals surface area contributed by atoms with E-state index in [0.29, 0.717) is 6.33 Å². The first kappa shape index (κ1) is 24.5. The summed E-state index contributed by atoms with van der Waals surface area (Å²) in [7, 11) is -18.0. The molecule has 0 bridgehead atoms. The number of aliphatic hydroxyl groups is 1. The van der Waals surface area contributed by atoms with Gasteiger partial charge in [-0.2, -0.15) is 13.6 Å². The fraction of sp³-hybridized carbons (Fsp3) is 0.545. The highest BCUT2D eigenvalue weighted by Gasteiger charge is 2.58. The van der Waals surface area contributed by atoms with Crippen LogP contribution in [0.1, 0.15) is 8.97 Å². The third kappa shape index (κ3) is 7.17. The maximum atomic E-state index is 15.7. The van der Waals surface area contributed by atoms with Gasteiger partial charge in [-0.25, -0.2) is 32.3 Å². The maximum Gasteiger partial charge on any atom is 0.490 e. The van der Waals surface area contributed by atoms with Crippen LogP contribution in [0.5, 0.6) is 0 Å². The minimum atomic E-state index is -6.15. The molecular formula is C11H15F2N4O13P3. The molecule has 186 valence electrons. The van der Waals surface area contributed by atoms with Crippen LogP contribution in [-0.2, 0) is 31.6 Å². The molecule has 2 heterocycles. The number of alkyl halides is 2. The summed E-state index contributed by atoms with van der Waals surface area (Å²) in [5.41, 5.74) is 0.343. The summed E-state index contributed by atoms with van der Waals surface area (Å²) in [5.74, 6) is 2.61. The van der Waals surface area contributed by atoms with Gasteiger partial charge in [-0.3, -0.25) is 9.09 Å². The lowest BCUT2D eigenvalue weighted by molar-refractivity contribution is -0.0539. The predicted molar refractivity (Wildman–Crippen MR) is 98.0 cm³/mol. The molecule has 3 unspecified atom stereocenters. The lowest BCUT2D eigenvalue weighted by atomic mass is 9.96. The molecule has 1 saturated heterocycles. The van der Waals surface area contributed by atoms with Crippen LogP contribution in [0.2, 0.25) is 0 Å². The van der Waals surface area contributed by atoms with Crippen molar-refractivity contribution in [3.05, 3.63) is 16.8 Å². The fourth-order valence-electron chi connectivity index (χ4n) is 2.27. The Labute approximate surface area is 184 Å². The first-order valence-corrected chi connectivity index (χ1v) is 12.4. The molecule has 1 aliphatic heterocycles. The fourth-order valence-corrected chi connectivity index (χ4v) is 5.15. The Kier molecular flexibility index (Phi) is 7.36. The molecule has 1 aromatic heterocycles. The van der Waals surface area contributed by atoms with Gasteiger partial charge in [0, 0.05) is 0 Å². The van der Waals surface area contributed by atoms with E-state index < -0.39 is 72.4 Å². The molecule has 1 aliphatic rings. The lowest BCUT2D eigenvalue weighted by Gasteiger charge is -2.23. The molecular weight excluding hydrogens is 527 g/mol. The lowest BCUT2D eigenvalue weighted by Crippen LogP contribution is -2.44. The Morgan fingerprint density at radius 2 is 1.94 bits per heavy atom. The van der Waals surface area contributed by atoms with Crippen LogP contribution in [0.3, 0.4) is 0 Å². The van der Waals surface area contributed by atoms with Gasteiger partial charge in [0.05, 0.1) is 9.30 Å². The number of nitrogens with two attached hydrogens (primary N) is 1. The van der Waals surface area contributed by atoms with Gasteiger partial charge >= 0.3 is 29.2 Å². The first-order chi connectivity index (χ1) is 15.7. The van der Waals surface area contributed by atoms with Gasteiger partial charge in [-0.1, -0.05) is 11.8 Å². The number of halogens is 2. The molecule has 0 spiro atoms. The Balaban J connectivity index is 2.43. The van der Waals surface area contributed by atoms with Crippen molar-refractivity contribution in [3.8, 4) is 11.8 Å². The number of hydrogen-bond donors (Lipinski definition) is 6. The van der Waals surface area contributed by atoms with E-state index in [1.165, 1.54) is 0 Å². The zero-order valence-corrected chi connectivity index (χ0v) is 18.2. The molecule has 1 fully saturated rings. The quantitative estimate of drug-likeness (QED) is 0.161. The summed E-state index contributed by atoms with van der Waals surface area (Å²) in [4.78, 5) is 54.3. The van der Waals surface area contributed by atoms with Gasteiger partial charge < -0.3 is 35.2 Å². The van der Waals surface area contributed by atoms with E-state index in [1.807, 2.05) is 0 Å². The number of aliphatic hydroxyl groups excluding tert-OH is 1. The summed E-state index contributed by atoms with van der Waals surface area (Å²) in [6.07, 6.45) is -7.37. The molecule has 0 amide bonds. The average molecular weight is 544 g/mol. The molecule has 0 aliphatic carbocycles. The number of phosphoric ester groups is 1. The molecule has 0 radical (unpaired) electrons. The number of anilines is 1. The Morgan fingerprint density at radius 3 is 2.48 bits per heavy atom. The van der Waals surface area contributed by atoms with Crippen LogP contribution >= 0.6 is 23.5 Å². The minimum Gasteiger partial charge on any atom is -0.386 e. The van der Waals surface area contributed by atoms with Gasteiger partial charge in [-0.15, -0.1) is 0 Å². The van der Waals surface area contributed by atoms with Crippen LogP contribution in [0.15, 0.2) is 11.1 Å². The normalized spacial score (nSPS) is 30.3. The zero-order chi connectivity index (χ0) is 27.0. The molecule has 33 heavy (non-hydrogen) atoms. The van der Waals surface area contributed by atoms with Crippen molar-refractivity contribution in [1.29, 1.82) is 0 Å². The summed E-state index contributed by atoms with van der Waals surface area (Å²) < 4.78 is 93.8. The molecule has 6 atom stereocenters. The van der Waals surface area contributed by atoms with Crippen molar-refractivity contribution in [2.45, 2.75) is 24.1 Å². The van der Waals surface area contributed by atoms with Gasteiger partial charge in [0.1, 0.15) is 25.2 Å². The van der Waals surface area contributed by atoms with Gasteiger partial charge in [0.25, 0.3) is 0 Å². The zero-order valence-electron chi connectivity index (χ0n) is 17.5. The van der Waals surface area contributed by atoms with Crippen molar-refractivity contribution in [3.63, 3.8) is 0 Å². The van der Waals surface area contributed by atoms with Gasteiger partial charge in [0.2, 0.25) is 11.6 Å². The summed E-state index contributed by atoms with van der Waals surface area (Å²) in [6.45, 7) is -5.31. The number of nitrogen functional groups attached to an aromatic ring is 1. The summed E-state index contributed by atoms with van der Waals surface area (Å²) >= 11 is 0. The van der Waals surface area contributed by atoms with E-state index >= 15 is 4.39 Å². The van der Waals surface area contributed by atoms with Crippen LogP contribution in [0.25, 0.3) is 0 Å². The highest BCUT2D eigenvalue weighted by molar-refractivity contribution is 7.66. The SMILES string of the molecule is [2H]C([2H])(OP(=O)(O)OP(=O)(O)OP(=O)(O)O)[C@H]1O[C@@H](n2cnc(N)nc2=O)C(F)(C#CCF)[C@H]1O. The molecule has 0 saturated carbocycles. The van der Waals surface area contributed by atoms with E-state index in [4.69, 9.17) is 27.9 Å². The van der Waals surface area contributed by atoms with Crippen LogP contribution in [-0.4, -0.2) is 70.3 Å². The second kappa shape index (κ2) is 9.92. The van der Waals surface area contributed by atoms with Crippen LogP contribution in [0.4, 0.5) is 14.7 Å². The molecule has 17 nitrogen and oxygen atoms in total. The number of rotatable bonds is 8. The van der Waals surface area contributed by atoms with Crippen LogP contribution in [0, 0.1) is 11.8 Å². The number of aromatic nitrogens is 3. The van der Waals surface area contributed by atoms with Crippen molar-refractivity contribution in [2.24, 2.45) is 0 Å². The second-order valence-corrected chi connectivity index (χ2v) is 10.1.